The number of hydrogen-bond donors (Lipinski definition) is 0. The second-order valence-corrected chi connectivity index (χ2v) is 4.37. The van der Waals surface area contributed by atoms with Crippen LogP contribution in [0.4, 0.5) is 11.4 Å². The summed E-state index contributed by atoms with van der Waals surface area (Å²) in [6.07, 6.45) is 0.504. The highest BCUT2D eigenvalue weighted by atomic mass is 16.2. The van der Waals surface area contributed by atoms with Gasteiger partial charge < -0.3 is 0 Å². The Balaban J connectivity index is 2.09. The van der Waals surface area contributed by atoms with Gasteiger partial charge in [0, 0.05) is 5.69 Å². The van der Waals surface area contributed by atoms with E-state index in [0.29, 0.717) is 6.42 Å². The van der Waals surface area contributed by atoms with Crippen LogP contribution in [0.15, 0.2) is 48.5 Å². The maximum absolute atomic E-state index is 12.0. The number of para-hydroxylation sites is 1. The number of anilines is 2. The van der Waals surface area contributed by atoms with Crippen LogP contribution < -0.4 is 4.90 Å². The minimum absolute atomic E-state index is 0.148. The Bertz CT molecular complexity index is 572. The molecule has 2 heteroatoms. The summed E-state index contributed by atoms with van der Waals surface area (Å²) < 4.78 is 0. The molecule has 3 rings (SSSR count). The minimum Gasteiger partial charge on any atom is -0.280 e. The SMILES string of the molecule is Cc1ccc(N2C(=O)Cc3ccccc32)cc1. The molecule has 17 heavy (non-hydrogen) atoms. The first-order valence-corrected chi connectivity index (χ1v) is 5.73. The van der Waals surface area contributed by atoms with E-state index in [2.05, 4.69) is 0 Å². The van der Waals surface area contributed by atoms with E-state index in [4.69, 9.17) is 0 Å². The number of rotatable bonds is 1. The maximum Gasteiger partial charge on any atom is 0.236 e. The van der Waals surface area contributed by atoms with Crippen LogP contribution in [-0.2, 0) is 11.2 Å². The summed E-state index contributed by atoms with van der Waals surface area (Å²) in [4.78, 5) is 13.8. The van der Waals surface area contributed by atoms with Gasteiger partial charge in [-0.05, 0) is 30.7 Å². The molecule has 0 unspecified atom stereocenters. The Morgan fingerprint density at radius 3 is 2.47 bits per heavy atom. The summed E-state index contributed by atoms with van der Waals surface area (Å²) in [7, 11) is 0. The second kappa shape index (κ2) is 3.74. The molecule has 1 aliphatic rings. The Morgan fingerprint density at radius 2 is 1.71 bits per heavy atom. The van der Waals surface area contributed by atoms with Crippen LogP contribution in [0.2, 0.25) is 0 Å². The summed E-state index contributed by atoms with van der Waals surface area (Å²) in [5, 5.41) is 0. The summed E-state index contributed by atoms with van der Waals surface area (Å²) >= 11 is 0. The first kappa shape index (κ1) is 10.1. The summed E-state index contributed by atoms with van der Waals surface area (Å²) in [5.74, 6) is 0.148. The highest BCUT2D eigenvalue weighted by Gasteiger charge is 2.27. The maximum atomic E-state index is 12.0. The van der Waals surface area contributed by atoms with Crippen LogP contribution in [0.1, 0.15) is 11.1 Å². The molecule has 0 aromatic heterocycles. The smallest absolute Gasteiger partial charge is 0.236 e. The van der Waals surface area contributed by atoms with Crippen molar-refractivity contribution in [2.45, 2.75) is 13.3 Å². The largest absolute Gasteiger partial charge is 0.280 e. The van der Waals surface area contributed by atoms with Gasteiger partial charge in [0.15, 0.2) is 0 Å². The van der Waals surface area contributed by atoms with E-state index in [1.54, 1.807) is 4.90 Å². The third-order valence-corrected chi connectivity index (χ3v) is 3.12. The topological polar surface area (TPSA) is 20.3 Å². The fourth-order valence-corrected chi connectivity index (χ4v) is 2.23. The van der Waals surface area contributed by atoms with Crippen molar-refractivity contribution in [3.8, 4) is 0 Å². The van der Waals surface area contributed by atoms with Gasteiger partial charge in [0.1, 0.15) is 0 Å². The van der Waals surface area contributed by atoms with Gasteiger partial charge in [-0.15, -0.1) is 0 Å². The number of amides is 1. The molecule has 0 N–H and O–H groups in total. The summed E-state index contributed by atoms with van der Waals surface area (Å²) in [6.45, 7) is 2.05. The monoisotopic (exact) mass is 223 g/mol. The molecular formula is C15H13NO. The Hall–Kier alpha value is -2.09. The van der Waals surface area contributed by atoms with E-state index >= 15 is 0 Å². The van der Waals surface area contributed by atoms with Crippen molar-refractivity contribution in [2.75, 3.05) is 4.90 Å². The molecule has 0 atom stereocenters. The molecule has 0 spiro atoms. The molecule has 84 valence electrons. The number of nitrogens with zero attached hydrogens (tertiary/aromatic N) is 1. The minimum atomic E-state index is 0.148. The van der Waals surface area contributed by atoms with Gasteiger partial charge >= 0.3 is 0 Å². The molecule has 2 aromatic rings. The zero-order valence-corrected chi connectivity index (χ0v) is 9.68. The van der Waals surface area contributed by atoms with Gasteiger partial charge in [0.25, 0.3) is 0 Å². The number of fused-ring (bicyclic) bond motifs is 1. The summed E-state index contributed by atoms with van der Waals surface area (Å²) in [5.41, 5.74) is 4.28. The van der Waals surface area contributed by atoms with E-state index < -0.39 is 0 Å². The van der Waals surface area contributed by atoms with E-state index in [1.807, 2.05) is 55.5 Å². The molecule has 1 heterocycles. The predicted molar refractivity (Wildman–Crippen MR) is 68.5 cm³/mol. The first-order chi connectivity index (χ1) is 8.25. The van der Waals surface area contributed by atoms with Crippen molar-refractivity contribution in [3.05, 3.63) is 59.7 Å². The number of aryl methyl sites for hydroxylation is 1. The van der Waals surface area contributed by atoms with E-state index in [-0.39, 0.29) is 5.91 Å². The lowest BCUT2D eigenvalue weighted by atomic mass is 10.1. The third-order valence-electron chi connectivity index (χ3n) is 3.12. The molecule has 1 aliphatic heterocycles. The Morgan fingerprint density at radius 1 is 1.00 bits per heavy atom. The number of carbonyl (C=O) groups is 1. The standard InChI is InChI=1S/C15H13NO/c1-11-6-8-13(9-7-11)16-14-5-3-2-4-12(14)10-15(16)17/h2-9H,10H2,1H3. The molecular weight excluding hydrogens is 210 g/mol. The third kappa shape index (κ3) is 1.62. The van der Waals surface area contributed by atoms with Gasteiger partial charge in [0.2, 0.25) is 5.91 Å². The van der Waals surface area contributed by atoms with Gasteiger partial charge in [-0.25, -0.2) is 0 Å². The molecule has 0 radical (unpaired) electrons. The lowest BCUT2D eigenvalue weighted by molar-refractivity contribution is -0.116. The van der Waals surface area contributed by atoms with Crippen LogP contribution in [0.5, 0.6) is 0 Å². The zero-order chi connectivity index (χ0) is 11.8. The van der Waals surface area contributed by atoms with Crippen molar-refractivity contribution in [2.24, 2.45) is 0 Å². The first-order valence-electron chi connectivity index (χ1n) is 5.73. The number of benzene rings is 2. The van der Waals surface area contributed by atoms with E-state index in [0.717, 1.165) is 16.9 Å². The van der Waals surface area contributed by atoms with Crippen molar-refractivity contribution < 1.29 is 4.79 Å². The van der Waals surface area contributed by atoms with Crippen LogP contribution in [-0.4, -0.2) is 5.91 Å². The molecule has 2 aromatic carbocycles. The number of hydrogen-bond acceptors (Lipinski definition) is 1. The van der Waals surface area contributed by atoms with Gasteiger partial charge in [-0.3, -0.25) is 9.69 Å². The molecule has 0 saturated carbocycles. The van der Waals surface area contributed by atoms with Crippen LogP contribution >= 0.6 is 0 Å². The lowest BCUT2D eigenvalue weighted by Crippen LogP contribution is -2.20. The molecule has 0 saturated heterocycles. The Kier molecular flexibility index (Phi) is 2.22. The molecule has 0 aliphatic carbocycles. The average molecular weight is 223 g/mol. The van der Waals surface area contributed by atoms with Gasteiger partial charge in [-0.2, -0.15) is 0 Å². The van der Waals surface area contributed by atoms with Crippen LogP contribution in [0.3, 0.4) is 0 Å². The van der Waals surface area contributed by atoms with E-state index in [1.165, 1.54) is 5.56 Å². The Labute approximate surface area is 100 Å². The fourth-order valence-electron chi connectivity index (χ4n) is 2.23. The van der Waals surface area contributed by atoms with Crippen molar-refractivity contribution >= 4 is 17.3 Å². The molecule has 0 fully saturated rings. The van der Waals surface area contributed by atoms with Crippen molar-refractivity contribution in [1.29, 1.82) is 0 Å². The van der Waals surface area contributed by atoms with Gasteiger partial charge in [-0.1, -0.05) is 35.9 Å². The van der Waals surface area contributed by atoms with E-state index in [9.17, 15) is 4.79 Å². The fraction of sp³-hybridized carbons (Fsp3) is 0.133. The number of carbonyl (C=O) groups excluding carboxylic acids is 1. The molecule has 2 nitrogen and oxygen atoms in total. The lowest BCUT2D eigenvalue weighted by Gasteiger charge is -2.17. The van der Waals surface area contributed by atoms with Crippen LogP contribution in [0, 0.1) is 6.92 Å². The summed E-state index contributed by atoms with van der Waals surface area (Å²) in [6, 6.07) is 16.0. The van der Waals surface area contributed by atoms with Gasteiger partial charge in [0.05, 0.1) is 12.1 Å². The highest BCUT2D eigenvalue weighted by molar-refractivity contribution is 6.07. The second-order valence-electron chi connectivity index (χ2n) is 4.37. The van der Waals surface area contributed by atoms with Crippen molar-refractivity contribution in [1.82, 2.24) is 0 Å². The molecule has 1 amide bonds. The molecule has 0 bridgehead atoms. The predicted octanol–water partition coefficient (Wildman–Crippen LogP) is 3.22. The normalized spacial score (nSPS) is 13.9. The zero-order valence-electron chi connectivity index (χ0n) is 9.68. The van der Waals surface area contributed by atoms with Crippen LogP contribution in [0.25, 0.3) is 0 Å². The quantitative estimate of drug-likeness (QED) is 0.727. The van der Waals surface area contributed by atoms with Crippen molar-refractivity contribution in [3.63, 3.8) is 0 Å². The highest BCUT2D eigenvalue weighted by Crippen LogP contribution is 2.34. The average Bonchev–Trinajstić information content (AvgIpc) is 2.66.